The maximum absolute atomic E-state index is 14.3. The largest absolute Gasteiger partial charge is 0.496 e. The zero-order valence-electron chi connectivity index (χ0n) is 21.2. The van der Waals surface area contributed by atoms with E-state index in [-0.39, 0.29) is 30.9 Å². The van der Waals surface area contributed by atoms with E-state index in [1.165, 1.54) is 16.2 Å². The van der Waals surface area contributed by atoms with Crippen LogP contribution in [0.2, 0.25) is 0 Å². The molecule has 9 nitrogen and oxygen atoms in total. The highest BCUT2D eigenvalue weighted by Crippen LogP contribution is 2.49. The van der Waals surface area contributed by atoms with Crippen LogP contribution in [0.15, 0.2) is 48.2 Å². The molecule has 1 aromatic carbocycles. The second kappa shape index (κ2) is 10.0. The van der Waals surface area contributed by atoms with Crippen molar-refractivity contribution in [3.05, 3.63) is 64.4 Å². The van der Waals surface area contributed by atoms with Gasteiger partial charge in [0.05, 0.1) is 26.3 Å². The number of aromatic nitrogens is 3. The number of methoxy groups -OCH3 is 2. The number of hydrogen-bond donors (Lipinski definition) is 1. The van der Waals surface area contributed by atoms with Gasteiger partial charge in [-0.1, -0.05) is 26.8 Å². The number of benzene rings is 1. The number of amides is 1. The first-order valence-electron chi connectivity index (χ1n) is 11.7. The predicted octanol–water partition coefficient (Wildman–Crippen LogP) is 4.02. The fourth-order valence-electron chi connectivity index (χ4n) is 5.14. The Bertz CT molecular complexity index is 1210. The van der Waals surface area contributed by atoms with E-state index in [9.17, 15) is 14.7 Å². The molecule has 0 aliphatic carbocycles. The number of thiazole rings is 1. The molecule has 3 aromatic rings. The van der Waals surface area contributed by atoms with E-state index in [0.717, 1.165) is 5.56 Å². The molecule has 0 radical (unpaired) electrons. The number of carbonyl (C=O) groups is 2. The third-order valence-electron chi connectivity index (χ3n) is 6.73. The summed E-state index contributed by atoms with van der Waals surface area (Å²) in [6.07, 6.45) is 5.17. The Balaban J connectivity index is 1.88. The van der Waals surface area contributed by atoms with E-state index in [4.69, 9.17) is 9.47 Å². The average molecular weight is 513 g/mol. The van der Waals surface area contributed by atoms with Crippen molar-refractivity contribution in [1.82, 2.24) is 19.7 Å². The second-order valence-corrected chi connectivity index (χ2v) is 11.0. The van der Waals surface area contributed by atoms with E-state index in [2.05, 4.69) is 30.9 Å². The standard InChI is InChI=1S/C26H32N4O5S/c1-25(2,3)19-8-7-17(13-20(19)35-5)23(31)30-21(22-27-10-12-36-22)18(15-34-4)14-26(30,24(32)33)16-29-11-6-9-28-29/h6-13,18,21H,14-16H2,1-5H3,(H,32,33)/t18-,21-,26-/m0/s1. The number of carboxylic acid groups (broad SMARTS) is 1. The predicted molar refractivity (Wildman–Crippen MR) is 135 cm³/mol. The number of nitrogens with zero attached hydrogens (tertiary/aromatic N) is 4. The molecule has 1 aliphatic heterocycles. The Kier molecular flexibility index (Phi) is 7.19. The van der Waals surface area contributed by atoms with E-state index >= 15 is 0 Å². The van der Waals surface area contributed by atoms with Crippen molar-refractivity contribution in [3.63, 3.8) is 0 Å². The Morgan fingerprint density at radius 1 is 1.25 bits per heavy atom. The van der Waals surface area contributed by atoms with E-state index in [1.807, 2.05) is 11.4 Å². The highest BCUT2D eigenvalue weighted by Gasteiger charge is 2.60. The number of aliphatic carboxylic acids is 1. The summed E-state index contributed by atoms with van der Waals surface area (Å²) in [7, 11) is 3.15. The number of hydrogen-bond acceptors (Lipinski definition) is 7. The zero-order valence-corrected chi connectivity index (χ0v) is 22.0. The van der Waals surface area contributed by atoms with Gasteiger partial charge in [-0.3, -0.25) is 9.48 Å². The van der Waals surface area contributed by atoms with Crippen LogP contribution in [0.3, 0.4) is 0 Å². The Morgan fingerprint density at radius 2 is 2.03 bits per heavy atom. The normalized spacial score (nSPS) is 22.1. The summed E-state index contributed by atoms with van der Waals surface area (Å²) >= 11 is 1.40. The van der Waals surface area contributed by atoms with Gasteiger partial charge in [-0.15, -0.1) is 11.3 Å². The Labute approximate surface area is 214 Å². The lowest BCUT2D eigenvalue weighted by molar-refractivity contribution is -0.150. The fraction of sp³-hybridized carbons (Fsp3) is 0.462. The van der Waals surface area contributed by atoms with E-state index in [1.54, 1.807) is 55.7 Å². The summed E-state index contributed by atoms with van der Waals surface area (Å²) in [5, 5.41) is 17.4. The summed E-state index contributed by atoms with van der Waals surface area (Å²) in [5.74, 6) is -1.18. The Morgan fingerprint density at radius 3 is 2.58 bits per heavy atom. The van der Waals surface area contributed by atoms with Crippen molar-refractivity contribution in [2.45, 2.75) is 50.7 Å². The molecule has 192 valence electrons. The monoisotopic (exact) mass is 512 g/mol. The third kappa shape index (κ3) is 4.62. The molecule has 0 saturated carbocycles. The molecule has 0 unspecified atom stereocenters. The van der Waals surface area contributed by atoms with E-state index < -0.39 is 23.5 Å². The average Bonchev–Trinajstić information content (AvgIpc) is 3.59. The van der Waals surface area contributed by atoms with Gasteiger partial charge in [0.2, 0.25) is 0 Å². The molecule has 2 aromatic heterocycles. The van der Waals surface area contributed by atoms with Gasteiger partial charge in [0, 0.05) is 42.6 Å². The topological polar surface area (TPSA) is 107 Å². The highest BCUT2D eigenvalue weighted by atomic mass is 32.1. The molecule has 1 N–H and O–H groups in total. The van der Waals surface area contributed by atoms with Gasteiger partial charge in [-0.25, -0.2) is 9.78 Å². The number of carboxylic acids is 1. The molecule has 1 amide bonds. The van der Waals surface area contributed by atoms with Gasteiger partial charge in [0.15, 0.2) is 5.54 Å². The zero-order chi connectivity index (χ0) is 26.1. The molecule has 4 rings (SSSR count). The van der Waals surface area contributed by atoms with Crippen molar-refractivity contribution in [2.24, 2.45) is 5.92 Å². The minimum absolute atomic E-state index is 0.000370. The number of carbonyl (C=O) groups excluding carboxylic acids is 1. The van der Waals surface area contributed by atoms with Crippen LogP contribution in [-0.2, 0) is 21.5 Å². The lowest BCUT2D eigenvalue weighted by Gasteiger charge is -2.37. The van der Waals surface area contributed by atoms with Gasteiger partial charge >= 0.3 is 5.97 Å². The van der Waals surface area contributed by atoms with Gasteiger partial charge < -0.3 is 19.5 Å². The molecule has 1 aliphatic rings. The van der Waals surface area contributed by atoms with Crippen LogP contribution in [0.4, 0.5) is 0 Å². The lowest BCUT2D eigenvalue weighted by Crippen LogP contribution is -2.56. The van der Waals surface area contributed by atoms with Crippen molar-refractivity contribution < 1.29 is 24.2 Å². The Hall–Kier alpha value is -3.24. The molecular formula is C26H32N4O5S. The summed E-state index contributed by atoms with van der Waals surface area (Å²) in [6.45, 7) is 6.50. The van der Waals surface area contributed by atoms with Crippen LogP contribution < -0.4 is 4.74 Å². The number of likely N-dealkylation sites (tertiary alicyclic amines) is 1. The minimum atomic E-state index is -1.56. The molecule has 1 fully saturated rings. The first-order valence-corrected chi connectivity index (χ1v) is 12.6. The van der Waals surface area contributed by atoms with Gasteiger partial charge in [-0.05, 0) is 35.6 Å². The molecule has 3 heterocycles. The highest BCUT2D eigenvalue weighted by molar-refractivity contribution is 7.09. The lowest BCUT2D eigenvalue weighted by atomic mass is 9.85. The SMILES string of the molecule is COC[C@@H]1C[C@](Cn2cccn2)(C(=O)O)N(C(=O)c2ccc(C(C)(C)C)c(OC)c2)[C@@H]1c1nccs1. The molecular weight excluding hydrogens is 480 g/mol. The van der Waals surface area contributed by atoms with E-state index in [0.29, 0.717) is 16.3 Å². The first-order chi connectivity index (χ1) is 17.1. The molecule has 3 atom stereocenters. The van der Waals surface area contributed by atoms with Crippen molar-refractivity contribution in [3.8, 4) is 5.75 Å². The summed E-state index contributed by atoms with van der Waals surface area (Å²) in [5.41, 5.74) is -0.444. The summed E-state index contributed by atoms with van der Waals surface area (Å²) in [6, 6.07) is 6.49. The molecule has 10 heteroatoms. The smallest absolute Gasteiger partial charge is 0.331 e. The second-order valence-electron chi connectivity index (χ2n) is 10.1. The van der Waals surface area contributed by atoms with Gasteiger partial charge in [0.25, 0.3) is 5.91 Å². The van der Waals surface area contributed by atoms with Gasteiger partial charge in [0.1, 0.15) is 10.8 Å². The maximum Gasteiger partial charge on any atom is 0.331 e. The fourth-order valence-corrected chi connectivity index (χ4v) is 5.96. The summed E-state index contributed by atoms with van der Waals surface area (Å²) < 4.78 is 12.7. The quantitative estimate of drug-likeness (QED) is 0.486. The van der Waals surface area contributed by atoms with Crippen LogP contribution in [0.25, 0.3) is 0 Å². The van der Waals surface area contributed by atoms with Crippen molar-refractivity contribution >= 4 is 23.2 Å². The molecule has 1 saturated heterocycles. The maximum atomic E-state index is 14.3. The first kappa shape index (κ1) is 25.8. The molecule has 36 heavy (non-hydrogen) atoms. The van der Waals surface area contributed by atoms with Crippen LogP contribution in [0.5, 0.6) is 5.75 Å². The third-order valence-corrected chi connectivity index (χ3v) is 7.57. The van der Waals surface area contributed by atoms with Crippen LogP contribution in [-0.4, -0.2) is 63.0 Å². The summed E-state index contributed by atoms with van der Waals surface area (Å²) in [4.78, 5) is 33.3. The van der Waals surface area contributed by atoms with Crippen molar-refractivity contribution in [2.75, 3.05) is 20.8 Å². The number of rotatable bonds is 8. The number of ether oxygens (including phenoxy) is 2. The molecule has 0 spiro atoms. The molecule has 0 bridgehead atoms. The minimum Gasteiger partial charge on any atom is -0.496 e. The van der Waals surface area contributed by atoms with Crippen LogP contribution in [0, 0.1) is 5.92 Å². The van der Waals surface area contributed by atoms with Crippen LogP contribution in [0.1, 0.15) is 54.2 Å². The van der Waals surface area contributed by atoms with Crippen molar-refractivity contribution in [1.29, 1.82) is 0 Å². The van der Waals surface area contributed by atoms with Gasteiger partial charge in [-0.2, -0.15) is 5.10 Å². The van der Waals surface area contributed by atoms with Crippen LogP contribution >= 0.6 is 11.3 Å².